The minimum Gasteiger partial charge on any atom is -0.390 e. The Kier molecular flexibility index (Phi) is 6.21. The van der Waals surface area contributed by atoms with E-state index in [1.807, 2.05) is 26.8 Å². The minimum absolute atomic E-state index is 0.0287. The van der Waals surface area contributed by atoms with Gasteiger partial charge in [-0.3, -0.25) is 9.59 Å². The zero-order chi connectivity index (χ0) is 24.4. The molecule has 0 aliphatic heterocycles. The summed E-state index contributed by atoms with van der Waals surface area (Å²) in [5, 5.41) is 23.4. The van der Waals surface area contributed by atoms with Crippen LogP contribution in [-0.4, -0.2) is 58.7 Å². The highest BCUT2D eigenvalue weighted by Crippen LogP contribution is 2.70. The maximum atomic E-state index is 17.2. The Labute approximate surface area is 195 Å². The van der Waals surface area contributed by atoms with Gasteiger partial charge in [0, 0.05) is 42.8 Å². The van der Waals surface area contributed by atoms with Crippen molar-refractivity contribution in [1.82, 2.24) is 0 Å². The molecule has 186 valence electrons. The van der Waals surface area contributed by atoms with E-state index in [-0.39, 0.29) is 37.8 Å². The van der Waals surface area contributed by atoms with Crippen molar-refractivity contribution in [2.45, 2.75) is 96.8 Å². The molecule has 0 aromatic rings. The Morgan fingerprint density at radius 3 is 2.48 bits per heavy atom. The van der Waals surface area contributed by atoms with Crippen molar-refractivity contribution in [2.24, 2.45) is 28.6 Å². The number of halogens is 1. The Hall–Kier alpha value is -1.15. The van der Waals surface area contributed by atoms with Crippen molar-refractivity contribution in [3.63, 3.8) is 0 Å². The lowest BCUT2D eigenvalue weighted by Crippen LogP contribution is -2.70. The molecule has 3 fully saturated rings. The van der Waals surface area contributed by atoms with Crippen LogP contribution < -0.4 is 0 Å². The standard InChI is InChI=1S/C26H39FO6/c1-6-32-22(33-7-2)21(30)26(31)15(3)12-19-18-9-8-16-13-17(28)10-11-23(16,4)25(18,27)20(29)14-24(19,26)5/h8,15,18-20,22,29,31H,6-7,9-14H2,1-5H3/t15-,18-,19-,20-,23-,24-,25-,26-/m0/s1. The van der Waals surface area contributed by atoms with Crippen molar-refractivity contribution >= 4 is 11.6 Å². The van der Waals surface area contributed by atoms with Crippen LogP contribution in [0.25, 0.3) is 0 Å². The minimum atomic E-state index is -1.91. The van der Waals surface area contributed by atoms with Gasteiger partial charge in [0.25, 0.3) is 0 Å². The van der Waals surface area contributed by atoms with Gasteiger partial charge in [-0.25, -0.2) is 4.39 Å². The van der Waals surface area contributed by atoms with E-state index in [0.29, 0.717) is 25.7 Å². The molecule has 0 aromatic carbocycles. The van der Waals surface area contributed by atoms with E-state index in [2.05, 4.69) is 0 Å². The van der Waals surface area contributed by atoms with Gasteiger partial charge in [0.05, 0.1) is 6.10 Å². The number of hydrogen-bond donors (Lipinski definition) is 2. The number of ether oxygens (including phenoxy) is 2. The molecule has 3 saturated carbocycles. The van der Waals surface area contributed by atoms with Gasteiger partial charge in [-0.15, -0.1) is 0 Å². The van der Waals surface area contributed by atoms with Crippen LogP contribution in [0.4, 0.5) is 4.39 Å². The Balaban J connectivity index is 1.76. The summed E-state index contributed by atoms with van der Waals surface area (Å²) in [7, 11) is 0. The number of allylic oxidation sites excluding steroid dienone is 2. The highest BCUT2D eigenvalue weighted by molar-refractivity contribution is 5.92. The Morgan fingerprint density at radius 2 is 1.88 bits per heavy atom. The van der Waals surface area contributed by atoms with Crippen LogP contribution in [0.1, 0.15) is 73.1 Å². The van der Waals surface area contributed by atoms with E-state index < -0.39 is 52.1 Å². The zero-order valence-corrected chi connectivity index (χ0v) is 20.5. The molecule has 4 rings (SSSR count). The molecule has 4 aliphatic rings. The van der Waals surface area contributed by atoms with E-state index in [0.717, 1.165) is 5.57 Å². The number of rotatable bonds is 6. The van der Waals surface area contributed by atoms with Crippen LogP contribution in [0.2, 0.25) is 0 Å². The maximum absolute atomic E-state index is 17.2. The smallest absolute Gasteiger partial charge is 0.220 e. The topological polar surface area (TPSA) is 93.1 Å². The predicted octanol–water partition coefficient (Wildman–Crippen LogP) is 3.53. The lowest BCUT2D eigenvalue weighted by atomic mass is 9.44. The number of fused-ring (bicyclic) bond motifs is 5. The second-order valence-corrected chi connectivity index (χ2v) is 11.1. The largest absolute Gasteiger partial charge is 0.390 e. The van der Waals surface area contributed by atoms with Gasteiger partial charge in [0.15, 0.2) is 0 Å². The second kappa shape index (κ2) is 8.21. The molecule has 0 amide bonds. The molecule has 0 bridgehead atoms. The highest BCUT2D eigenvalue weighted by atomic mass is 19.1. The Bertz CT molecular complexity index is 852. The van der Waals surface area contributed by atoms with Gasteiger partial charge in [-0.05, 0) is 51.4 Å². The molecule has 33 heavy (non-hydrogen) atoms. The fourth-order valence-electron chi connectivity index (χ4n) is 8.03. The van der Waals surface area contributed by atoms with E-state index >= 15 is 4.39 Å². The summed E-state index contributed by atoms with van der Waals surface area (Å²) in [4.78, 5) is 25.8. The fraction of sp³-hybridized carbons (Fsp3) is 0.846. The summed E-state index contributed by atoms with van der Waals surface area (Å²) in [6, 6.07) is 0. The first-order valence-electron chi connectivity index (χ1n) is 12.5. The van der Waals surface area contributed by atoms with Crippen LogP contribution in [0.15, 0.2) is 11.6 Å². The number of aliphatic hydroxyl groups is 2. The first kappa shape index (κ1) is 25.0. The SMILES string of the molecule is CCOC(OCC)C(=O)[C@@]1(O)[C@@H](C)C[C@H]2[C@@H]3CC=C4CC(=O)CC[C@]4(C)[C@@]3(F)[C@@H](O)C[C@@]21C. The van der Waals surface area contributed by atoms with Gasteiger partial charge in [0.1, 0.15) is 17.1 Å². The normalized spacial score (nSPS) is 47.1. The number of aliphatic hydroxyl groups excluding tert-OH is 1. The Morgan fingerprint density at radius 1 is 1.24 bits per heavy atom. The number of ketones is 2. The third kappa shape index (κ3) is 3.11. The predicted molar refractivity (Wildman–Crippen MR) is 120 cm³/mol. The first-order valence-corrected chi connectivity index (χ1v) is 12.5. The van der Waals surface area contributed by atoms with Crippen LogP contribution in [-0.2, 0) is 19.1 Å². The molecular formula is C26H39FO6. The summed E-state index contributed by atoms with van der Waals surface area (Å²) < 4.78 is 28.3. The lowest BCUT2D eigenvalue weighted by molar-refractivity contribution is -0.233. The van der Waals surface area contributed by atoms with Crippen LogP contribution in [0.3, 0.4) is 0 Å². The number of carbonyl (C=O) groups is 2. The average molecular weight is 467 g/mol. The van der Waals surface area contributed by atoms with Gasteiger partial charge < -0.3 is 19.7 Å². The third-order valence-corrected chi connectivity index (χ3v) is 9.83. The van der Waals surface area contributed by atoms with Crippen molar-refractivity contribution < 1.29 is 33.7 Å². The number of alkyl halides is 1. The molecule has 0 heterocycles. The van der Waals surface area contributed by atoms with E-state index in [1.165, 1.54) is 0 Å². The van der Waals surface area contributed by atoms with Gasteiger partial charge in [-0.1, -0.05) is 32.4 Å². The molecule has 0 spiro atoms. The molecule has 8 atom stereocenters. The molecule has 0 aromatic heterocycles. The summed E-state index contributed by atoms with van der Waals surface area (Å²) in [6.07, 6.45) is 1.21. The highest BCUT2D eigenvalue weighted by Gasteiger charge is 2.76. The third-order valence-electron chi connectivity index (χ3n) is 9.83. The second-order valence-electron chi connectivity index (χ2n) is 11.1. The molecule has 2 N–H and O–H groups in total. The van der Waals surface area contributed by atoms with Gasteiger partial charge in [-0.2, -0.15) is 0 Å². The molecular weight excluding hydrogens is 427 g/mol. The zero-order valence-electron chi connectivity index (χ0n) is 20.5. The summed E-state index contributed by atoms with van der Waals surface area (Å²) >= 11 is 0. The maximum Gasteiger partial charge on any atom is 0.220 e. The van der Waals surface area contributed by atoms with E-state index in [9.17, 15) is 19.8 Å². The summed E-state index contributed by atoms with van der Waals surface area (Å²) in [5.41, 5.74) is -4.86. The van der Waals surface area contributed by atoms with E-state index in [1.54, 1.807) is 13.8 Å². The quantitative estimate of drug-likeness (QED) is 0.460. The molecule has 0 unspecified atom stereocenters. The average Bonchev–Trinajstić information content (AvgIpc) is 2.96. The fourth-order valence-corrected chi connectivity index (χ4v) is 8.03. The number of Topliss-reactive ketones (excluding diaryl/α,β-unsaturated/α-hetero) is 2. The summed E-state index contributed by atoms with van der Waals surface area (Å²) in [5.74, 6) is -1.71. The number of hydrogen-bond acceptors (Lipinski definition) is 6. The van der Waals surface area contributed by atoms with Crippen LogP contribution in [0.5, 0.6) is 0 Å². The van der Waals surface area contributed by atoms with Crippen molar-refractivity contribution in [3.8, 4) is 0 Å². The van der Waals surface area contributed by atoms with Crippen molar-refractivity contribution in [1.29, 1.82) is 0 Å². The molecule has 0 radical (unpaired) electrons. The van der Waals surface area contributed by atoms with Crippen LogP contribution >= 0.6 is 0 Å². The lowest BCUT2D eigenvalue weighted by Gasteiger charge is -2.63. The van der Waals surface area contributed by atoms with Gasteiger partial charge >= 0.3 is 0 Å². The van der Waals surface area contributed by atoms with E-state index in [4.69, 9.17) is 9.47 Å². The van der Waals surface area contributed by atoms with Crippen molar-refractivity contribution in [2.75, 3.05) is 13.2 Å². The molecule has 6 nitrogen and oxygen atoms in total. The molecule has 4 aliphatic carbocycles. The first-order chi connectivity index (χ1) is 15.4. The molecule has 7 heteroatoms. The van der Waals surface area contributed by atoms with Crippen molar-refractivity contribution in [3.05, 3.63) is 11.6 Å². The van der Waals surface area contributed by atoms with Gasteiger partial charge in [0.2, 0.25) is 12.1 Å². The monoisotopic (exact) mass is 466 g/mol. The summed E-state index contributed by atoms with van der Waals surface area (Å²) in [6.45, 7) is 9.52. The number of carbonyl (C=O) groups excluding carboxylic acids is 2. The molecule has 0 saturated heterocycles. The van der Waals surface area contributed by atoms with Crippen LogP contribution in [0, 0.1) is 28.6 Å².